The molecule has 0 aromatic carbocycles. The Morgan fingerprint density at radius 3 is 2.81 bits per heavy atom. The third-order valence-electron chi connectivity index (χ3n) is 4.48. The highest BCUT2D eigenvalue weighted by atomic mass is 16.5. The van der Waals surface area contributed by atoms with Gasteiger partial charge in [-0.1, -0.05) is 0 Å². The first-order chi connectivity index (χ1) is 13.0. The number of amides is 2. The van der Waals surface area contributed by atoms with Crippen molar-refractivity contribution in [2.24, 2.45) is 0 Å². The fourth-order valence-electron chi connectivity index (χ4n) is 2.99. The van der Waals surface area contributed by atoms with E-state index in [1.165, 1.54) is 0 Å². The van der Waals surface area contributed by atoms with Gasteiger partial charge >= 0.3 is 0 Å². The second-order valence-electron chi connectivity index (χ2n) is 6.41. The summed E-state index contributed by atoms with van der Waals surface area (Å²) in [6, 6.07) is -0.212. The molecule has 0 bridgehead atoms. The van der Waals surface area contributed by atoms with Gasteiger partial charge in [0.2, 0.25) is 5.91 Å². The number of carbonyl (C=O) groups is 2. The summed E-state index contributed by atoms with van der Waals surface area (Å²) in [5, 5.41) is 2.80. The van der Waals surface area contributed by atoms with E-state index in [-0.39, 0.29) is 31.0 Å². The van der Waals surface area contributed by atoms with Gasteiger partial charge in [0.15, 0.2) is 0 Å². The molecule has 1 N–H and O–H groups in total. The first-order valence-corrected chi connectivity index (χ1v) is 8.99. The van der Waals surface area contributed by atoms with Crippen molar-refractivity contribution in [1.82, 2.24) is 29.7 Å². The number of ether oxygens (including phenoxy) is 1. The van der Waals surface area contributed by atoms with Crippen LogP contribution in [0.1, 0.15) is 47.6 Å². The summed E-state index contributed by atoms with van der Waals surface area (Å²) >= 11 is 0. The number of aromatic nitrogens is 4. The maximum Gasteiger partial charge on any atom is 0.271 e. The Labute approximate surface area is 157 Å². The first-order valence-electron chi connectivity index (χ1n) is 8.99. The van der Waals surface area contributed by atoms with Gasteiger partial charge < -0.3 is 19.5 Å². The van der Waals surface area contributed by atoms with Crippen LogP contribution in [0.2, 0.25) is 0 Å². The van der Waals surface area contributed by atoms with Crippen LogP contribution in [0.4, 0.5) is 0 Å². The van der Waals surface area contributed by atoms with Crippen molar-refractivity contribution in [3.63, 3.8) is 0 Å². The fraction of sp³-hybridized carbons (Fsp3) is 0.500. The van der Waals surface area contributed by atoms with Gasteiger partial charge in [-0.2, -0.15) is 0 Å². The number of carbonyl (C=O) groups excluding carboxylic acids is 2. The van der Waals surface area contributed by atoms with Gasteiger partial charge in [-0.3, -0.25) is 19.6 Å². The average molecular weight is 372 g/mol. The summed E-state index contributed by atoms with van der Waals surface area (Å²) in [5.74, 6) is 0.354. The highest BCUT2D eigenvalue weighted by Crippen LogP contribution is 2.24. The number of hydrogen-bond acceptors (Lipinski definition) is 6. The van der Waals surface area contributed by atoms with Crippen molar-refractivity contribution >= 4 is 11.8 Å². The molecule has 1 atom stereocenters. The Morgan fingerprint density at radius 2 is 2.11 bits per heavy atom. The van der Waals surface area contributed by atoms with E-state index in [4.69, 9.17) is 4.74 Å². The molecule has 3 heterocycles. The molecular weight excluding hydrogens is 348 g/mol. The molecule has 144 valence electrons. The minimum Gasteiger partial charge on any atom is -0.372 e. The Balaban J connectivity index is 1.65. The predicted molar refractivity (Wildman–Crippen MR) is 96.8 cm³/mol. The standard InChI is InChI=1S/C18H24N6O3/c1-4-27-11-16(25)24-6-5-23-10-15(22-17(23)13(24)3)18(26)21-9-14-8-19-12(2)7-20-14/h7-8,10,13H,4-6,9,11H2,1-3H3,(H,21,26). The third-order valence-corrected chi connectivity index (χ3v) is 4.48. The van der Waals surface area contributed by atoms with Gasteiger partial charge in [0.25, 0.3) is 5.91 Å². The molecule has 1 unspecified atom stereocenters. The smallest absolute Gasteiger partial charge is 0.271 e. The van der Waals surface area contributed by atoms with Crippen LogP contribution in [0.25, 0.3) is 0 Å². The number of aryl methyl sites for hydroxylation is 1. The molecule has 2 aromatic heterocycles. The van der Waals surface area contributed by atoms with Crippen LogP contribution in [0, 0.1) is 6.92 Å². The van der Waals surface area contributed by atoms with Crippen molar-refractivity contribution < 1.29 is 14.3 Å². The summed E-state index contributed by atoms with van der Waals surface area (Å²) in [4.78, 5) is 39.3. The Bertz CT molecular complexity index is 817. The van der Waals surface area contributed by atoms with Crippen molar-refractivity contribution in [2.75, 3.05) is 19.8 Å². The lowest BCUT2D eigenvalue weighted by Crippen LogP contribution is -2.42. The highest BCUT2D eigenvalue weighted by molar-refractivity contribution is 5.92. The zero-order chi connectivity index (χ0) is 19.4. The zero-order valence-electron chi connectivity index (χ0n) is 15.8. The molecule has 27 heavy (non-hydrogen) atoms. The van der Waals surface area contributed by atoms with Crippen LogP contribution in [-0.2, 0) is 22.6 Å². The molecule has 9 heteroatoms. The zero-order valence-corrected chi connectivity index (χ0v) is 15.8. The maximum absolute atomic E-state index is 12.4. The molecule has 0 spiro atoms. The summed E-state index contributed by atoms with van der Waals surface area (Å²) in [7, 11) is 0. The van der Waals surface area contributed by atoms with E-state index in [9.17, 15) is 9.59 Å². The topological polar surface area (TPSA) is 102 Å². The normalized spacial score (nSPS) is 16.1. The molecule has 1 aliphatic heterocycles. The second kappa shape index (κ2) is 8.26. The van der Waals surface area contributed by atoms with E-state index in [2.05, 4.69) is 20.3 Å². The monoisotopic (exact) mass is 372 g/mol. The quantitative estimate of drug-likeness (QED) is 0.807. The van der Waals surface area contributed by atoms with Crippen molar-refractivity contribution in [2.45, 2.75) is 39.9 Å². The molecule has 0 saturated heterocycles. The van der Waals surface area contributed by atoms with Gasteiger partial charge in [-0.15, -0.1) is 0 Å². The van der Waals surface area contributed by atoms with Gasteiger partial charge in [-0.25, -0.2) is 4.98 Å². The van der Waals surface area contributed by atoms with Gasteiger partial charge in [0.05, 0.1) is 30.2 Å². The van der Waals surface area contributed by atoms with Crippen LogP contribution in [0.5, 0.6) is 0 Å². The molecule has 9 nitrogen and oxygen atoms in total. The SMILES string of the molecule is CCOCC(=O)N1CCn2cc(C(=O)NCc3cnc(C)cn3)nc2C1C. The van der Waals surface area contributed by atoms with Crippen LogP contribution in [-0.4, -0.2) is 56.0 Å². The molecular formula is C18H24N6O3. The summed E-state index contributed by atoms with van der Waals surface area (Å²) < 4.78 is 7.14. The van der Waals surface area contributed by atoms with E-state index in [0.29, 0.717) is 36.9 Å². The van der Waals surface area contributed by atoms with E-state index in [1.807, 2.05) is 25.3 Å². The van der Waals surface area contributed by atoms with Crippen molar-refractivity contribution in [3.8, 4) is 0 Å². The van der Waals surface area contributed by atoms with E-state index in [0.717, 1.165) is 5.69 Å². The molecule has 0 aliphatic carbocycles. The molecule has 0 radical (unpaired) electrons. The van der Waals surface area contributed by atoms with Crippen molar-refractivity contribution in [3.05, 3.63) is 41.5 Å². The maximum atomic E-state index is 12.4. The molecule has 0 fully saturated rings. The van der Waals surface area contributed by atoms with Gasteiger partial charge in [0.1, 0.15) is 18.1 Å². The minimum atomic E-state index is -0.279. The Kier molecular flexibility index (Phi) is 5.80. The summed E-state index contributed by atoms with van der Waals surface area (Å²) in [6.07, 6.45) is 5.02. The van der Waals surface area contributed by atoms with Crippen LogP contribution in [0.3, 0.4) is 0 Å². The largest absolute Gasteiger partial charge is 0.372 e. The lowest BCUT2D eigenvalue weighted by molar-refractivity contribution is -0.139. The number of imidazole rings is 1. The van der Waals surface area contributed by atoms with Crippen LogP contribution < -0.4 is 5.32 Å². The third kappa shape index (κ3) is 4.30. The predicted octanol–water partition coefficient (Wildman–Crippen LogP) is 0.851. The van der Waals surface area contributed by atoms with Crippen LogP contribution in [0.15, 0.2) is 18.6 Å². The second-order valence-corrected chi connectivity index (χ2v) is 6.41. The van der Waals surface area contributed by atoms with E-state index in [1.54, 1.807) is 23.5 Å². The Morgan fingerprint density at radius 1 is 1.30 bits per heavy atom. The Hall–Kier alpha value is -2.81. The summed E-state index contributed by atoms with van der Waals surface area (Å²) in [6.45, 7) is 7.62. The summed E-state index contributed by atoms with van der Waals surface area (Å²) in [5.41, 5.74) is 1.83. The van der Waals surface area contributed by atoms with Gasteiger partial charge in [-0.05, 0) is 20.8 Å². The van der Waals surface area contributed by atoms with E-state index >= 15 is 0 Å². The minimum absolute atomic E-state index is 0.0620. The molecule has 0 saturated carbocycles. The highest BCUT2D eigenvalue weighted by Gasteiger charge is 2.30. The molecule has 2 amide bonds. The lowest BCUT2D eigenvalue weighted by Gasteiger charge is -2.33. The molecule has 2 aromatic rings. The molecule has 3 rings (SSSR count). The average Bonchev–Trinajstić information content (AvgIpc) is 3.11. The fourth-order valence-corrected chi connectivity index (χ4v) is 2.99. The van der Waals surface area contributed by atoms with Crippen molar-refractivity contribution in [1.29, 1.82) is 0 Å². The number of nitrogens with one attached hydrogen (secondary N) is 1. The first kappa shape index (κ1) is 19.0. The number of hydrogen-bond donors (Lipinski definition) is 1. The molecule has 1 aliphatic rings. The number of nitrogens with zero attached hydrogens (tertiary/aromatic N) is 5. The number of rotatable bonds is 6. The van der Waals surface area contributed by atoms with Gasteiger partial charge in [0, 0.05) is 32.1 Å². The lowest BCUT2D eigenvalue weighted by atomic mass is 10.2. The van der Waals surface area contributed by atoms with E-state index < -0.39 is 0 Å². The number of fused-ring (bicyclic) bond motifs is 1. The van der Waals surface area contributed by atoms with Crippen LogP contribution >= 0.6 is 0 Å².